The highest BCUT2D eigenvalue weighted by molar-refractivity contribution is 7.89. The van der Waals surface area contributed by atoms with Crippen molar-refractivity contribution in [3.8, 4) is 16.9 Å². The van der Waals surface area contributed by atoms with Crippen molar-refractivity contribution >= 4 is 20.9 Å². The van der Waals surface area contributed by atoms with E-state index in [2.05, 4.69) is 9.71 Å². The van der Waals surface area contributed by atoms with E-state index < -0.39 is 21.8 Å². The molecule has 0 bridgehead atoms. The van der Waals surface area contributed by atoms with Crippen LogP contribution in [-0.2, 0) is 16.2 Å². The third kappa shape index (κ3) is 3.91. The van der Waals surface area contributed by atoms with Crippen molar-refractivity contribution in [2.45, 2.75) is 31.0 Å². The van der Waals surface area contributed by atoms with E-state index in [0.717, 1.165) is 12.1 Å². The fraction of sp³-hybridized carbons (Fsp3) is 0.227. The van der Waals surface area contributed by atoms with Gasteiger partial charge < -0.3 is 9.13 Å². The molecule has 0 saturated carbocycles. The van der Waals surface area contributed by atoms with Crippen LogP contribution in [0.2, 0.25) is 0 Å². The second kappa shape index (κ2) is 7.79. The number of aromatic nitrogens is 3. The minimum absolute atomic E-state index is 0.0854. The SMILES string of the molecule is CNS(=O)(=O)c1ccc2c(c1)c(-c1cn(C(C)C)cn1)cn2-c1ccc(C(F)(F)F)cc1. The lowest BCUT2D eigenvalue weighted by atomic mass is 10.1. The number of alkyl halides is 3. The van der Waals surface area contributed by atoms with Crippen LogP contribution in [0.5, 0.6) is 0 Å². The summed E-state index contributed by atoms with van der Waals surface area (Å²) in [4.78, 5) is 4.54. The number of halogens is 3. The van der Waals surface area contributed by atoms with Gasteiger partial charge in [-0.2, -0.15) is 13.2 Å². The lowest BCUT2D eigenvalue weighted by molar-refractivity contribution is -0.137. The summed E-state index contributed by atoms with van der Waals surface area (Å²) in [7, 11) is -2.35. The minimum atomic E-state index is -4.43. The standard InChI is InChI=1S/C22H21F3N4O2S/c1-14(2)28-12-20(27-13-28)19-11-29(16-6-4-15(5-7-16)22(23,24)25)21-9-8-17(10-18(19)21)32(30,31)26-3/h4-14,26H,1-3H3. The molecule has 6 nitrogen and oxygen atoms in total. The Morgan fingerprint density at radius 2 is 1.72 bits per heavy atom. The van der Waals surface area contributed by atoms with E-state index in [-0.39, 0.29) is 10.9 Å². The average Bonchev–Trinajstić information content (AvgIpc) is 3.38. The molecule has 0 aliphatic heterocycles. The quantitative estimate of drug-likeness (QED) is 0.454. The zero-order valence-corrected chi connectivity index (χ0v) is 18.4. The number of benzene rings is 2. The van der Waals surface area contributed by atoms with Gasteiger partial charge in [-0.15, -0.1) is 0 Å². The zero-order valence-electron chi connectivity index (χ0n) is 17.6. The van der Waals surface area contributed by atoms with E-state index in [4.69, 9.17) is 0 Å². The second-order valence-electron chi connectivity index (χ2n) is 7.64. The number of nitrogens with zero attached hydrogens (tertiary/aromatic N) is 3. The molecule has 2 aromatic carbocycles. The molecule has 0 amide bonds. The van der Waals surface area contributed by atoms with E-state index >= 15 is 0 Å². The summed E-state index contributed by atoms with van der Waals surface area (Å²) < 4.78 is 69.6. The highest BCUT2D eigenvalue weighted by atomic mass is 32.2. The second-order valence-corrected chi connectivity index (χ2v) is 9.53. The van der Waals surface area contributed by atoms with Gasteiger partial charge >= 0.3 is 6.18 Å². The van der Waals surface area contributed by atoms with Crippen molar-refractivity contribution in [2.24, 2.45) is 0 Å². The third-order valence-corrected chi connectivity index (χ3v) is 6.71. The highest BCUT2D eigenvalue weighted by Gasteiger charge is 2.30. The first kappa shape index (κ1) is 22.1. The number of sulfonamides is 1. The molecule has 0 radical (unpaired) electrons. The molecule has 168 valence electrons. The summed E-state index contributed by atoms with van der Waals surface area (Å²) >= 11 is 0. The Bertz CT molecular complexity index is 1390. The van der Waals surface area contributed by atoms with Crippen molar-refractivity contribution < 1.29 is 21.6 Å². The van der Waals surface area contributed by atoms with Crippen molar-refractivity contribution in [2.75, 3.05) is 7.05 Å². The van der Waals surface area contributed by atoms with Crippen LogP contribution in [0.1, 0.15) is 25.5 Å². The Morgan fingerprint density at radius 3 is 2.28 bits per heavy atom. The van der Waals surface area contributed by atoms with Crippen LogP contribution in [-0.4, -0.2) is 29.6 Å². The maximum absolute atomic E-state index is 13.0. The first-order chi connectivity index (χ1) is 15.0. The number of nitrogens with one attached hydrogen (secondary N) is 1. The van der Waals surface area contributed by atoms with Gasteiger partial charge in [0.2, 0.25) is 10.0 Å². The van der Waals surface area contributed by atoms with Gasteiger partial charge in [-0.05, 0) is 63.4 Å². The van der Waals surface area contributed by atoms with Crippen LogP contribution in [0.3, 0.4) is 0 Å². The molecule has 0 atom stereocenters. The molecule has 10 heteroatoms. The number of fused-ring (bicyclic) bond motifs is 1. The van der Waals surface area contributed by atoms with Gasteiger partial charge in [-0.25, -0.2) is 18.1 Å². The van der Waals surface area contributed by atoms with Crippen LogP contribution < -0.4 is 4.72 Å². The molecule has 0 fully saturated rings. The van der Waals surface area contributed by atoms with Gasteiger partial charge in [0.25, 0.3) is 0 Å². The minimum Gasteiger partial charge on any atom is -0.334 e. The number of hydrogen-bond acceptors (Lipinski definition) is 3. The average molecular weight is 462 g/mol. The van der Waals surface area contributed by atoms with Crippen LogP contribution in [0.25, 0.3) is 27.8 Å². The van der Waals surface area contributed by atoms with Crippen LogP contribution in [0, 0.1) is 0 Å². The summed E-state index contributed by atoms with van der Waals surface area (Å²) in [5.41, 5.74) is 1.73. The molecule has 4 aromatic rings. The number of hydrogen-bond donors (Lipinski definition) is 1. The molecule has 2 heterocycles. The van der Waals surface area contributed by atoms with E-state index in [0.29, 0.717) is 27.8 Å². The van der Waals surface area contributed by atoms with E-state index in [1.54, 1.807) is 29.2 Å². The topological polar surface area (TPSA) is 68.9 Å². The first-order valence-corrected chi connectivity index (χ1v) is 11.3. The molecule has 2 aromatic heterocycles. The van der Waals surface area contributed by atoms with Crippen molar-refractivity contribution in [3.63, 3.8) is 0 Å². The molecular weight excluding hydrogens is 441 g/mol. The lowest BCUT2D eigenvalue weighted by Gasteiger charge is -2.09. The van der Waals surface area contributed by atoms with E-state index in [1.165, 1.54) is 25.2 Å². The van der Waals surface area contributed by atoms with Gasteiger partial charge in [0.1, 0.15) is 0 Å². The molecular formula is C22H21F3N4O2S. The maximum atomic E-state index is 13.0. The summed E-state index contributed by atoms with van der Waals surface area (Å²) in [5.74, 6) is 0. The Labute approximate surface area is 183 Å². The molecule has 4 rings (SSSR count). The molecule has 0 aliphatic carbocycles. The van der Waals surface area contributed by atoms with Crippen molar-refractivity contribution in [3.05, 3.63) is 66.7 Å². The van der Waals surface area contributed by atoms with E-state index in [9.17, 15) is 21.6 Å². The maximum Gasteiger partial charge on any atom is 0.416 e. The lowest BCUT2D eigenvalue weighted by Crippen LogP contribution is -2.18. The van der Waals surface area contributed by atoms with Crippen LogP contribution >= 0.6 is 0 Å². The smallest absolute Gasteiger partial charge is 0.334 e. The molecule has 32 heavy (non-hydrogen) atoms. The first-order valence-electron chi connectivity index (χ1n) is 9.81. The molecule has 0 unspecified atom stereocenters. The highest BCUT2D eigenvalue weighted by Crippen LogP contribution is 2.35. The van der Waals surface area contributed by atoms with Gasteiger partial charge in [0, 0.05) is 35.1 Å². The predicted octanol–water partition coefficient (Wildman–Crippen LogP) is 5.00. The summed E-state index contributed by atoms with van der Waals surface area (Å²) in [6, 6.07) is 9.65. The van der Waals surface area contributed by atoms with Crippen molar-refractivity contribution in [1.29, 1.82) is 0 Å². The fourth-order valence-electron chi connectivity index (χ4n) is 3.48. The predicted molar refractivity (Wildman–Crippen MR) is 116 cm³/mol. The molecule has 1 N–H and O–H groups in total. The Balaban J connectivity index is 1.94. The van der Waals surface area contributed by atoms with Crippen molar-refractivity contribution in [1.82, 2.24) is 18.8 Å². The normalized spacial score (nSPS) is 12.7. The summed E-state index contributed by atoms with van der Waals surface area (Å²) in [5, 5.41) is 0.621. The monoisotopic (exact) mass is 462 g/mol. The number of rotatable bonds is 5. The zero-order chi connectivity index (χ0) is 23.3. The summed E-state index contributed by atoms with van der Waals surface area (Å²) in [6.07, 6.45) is 0.879. The third-order valence-electron chi connectivity index (χ3n) is 5.30. The molecule has 0 spiro atoms. The van der Waals surface area contributed by atoms with E-state index in [1.807, 2.05) is 24.6 Å². The van der Waals surface area contributed by atoms with Gasteiger partial charge in [-0.3, -0.25) is 0 Å². The van der Waals surface area contributed by atoms with Crippen LogP contribution in [0.15, 0.2) is 66.1 Å². The van der Waals surface area contributed by atoms with Gasteiger partial charge in [-0.1, -0.05) is 0 Å². The Morgan fingerprint density at radius 1 is 1.03 bits per heavy atom. The van der Waals surface area contributed by atoms with Gasteiger partial charge in [0.15, 0.2) is 0 Å². The summed E-state index contributed by atoms with van der Waals surface area (Å²) in [6.45, 7) is 4.02. The largest absolute Gasteiger partial charge is 0.416 e. The molecule has 0 saturated heterocycles. The number of imidazole rings is 1. The Kier molecular flexibility index (Phi) is 5.38. The fourth-order valence-corrected chi connectivity index (χ4v) is 4.24. The van der Waals surface area contributed by atoms with Gasteiger partial charge in [0.05, 0.1) is 28.0 Å². The molecule has 0 aliphatic rings. The Hall–Kier alpha value is -3.11. The van der Waals surface area contributed by atoms with Crippen LogP contribution in [0.4, 0.5) is 13.2 Å².